The Morgan fingerprint density at radius 1 is 1.15 bits per heavy atom. The van der Waals surface area contributed by atoms with E-state index in [1.165, 1.54) is 12.1 Å². The summed E-state index contributed by atoms with van der Waals surface area (Å²) in [5.41, 5.74) is 2.50. The number of carbonyl (C=O) groups excluding carboxylic acids is 1. The fourth-order valence-corrected chi connectivity index (χ4v) is 2.91. The number of nitrogens with zero attached hydrogens (tertiary/aromatic N) is 3. The van der Waals surface area contributed by atoms with E-state index in [2.05, 4.69) is 15.3 Å². The third-order valence-corrected chi connectivity index (χ3v) is 4.09. The van der Waals surface area contributed by atoms with Crippen molar-refractivity contribution in [1.29, 1.82) is 0 Å². The van der Waals surface area contributed by atoms with Crippen LogP contribution in [-0.2, 0) is 4.74 Å². The Hall–Kier alpha value is -3.68. The van der Waals surface area contributed by atoms with Crippen LogP contribution in [-0.4, -0.2) is 43.6 Å². The molecule has 0 aliphatic carbocycles. The zero-order chi connectivity index (χ0) is 18.3. The molecule has 4 rings (SSSR count). The van der Waals surface area contributed by atoms with Gasteiger partial charge in [-0.1, -0.05) is 0 Å². The Morgan fingerprint density at radius 3 is 2.62 bits per heavy atom. The molecule has 0 aliphatic rings. The van der Waals surface area contributed by atoms with Gasteiger partial charge in [0.05, 0.1) is 35.1 Å². The molecule has 2 heterocycles. The van der Waals surface area contributed by atoms with Crippen LogP contribution in [0.15, 0.2) is 42.6 Å². The van der Waals surface area contributed by atoms with E-state index in [1.807, 2.05) is 6.07 Å². The highest BCUT2D eigenvalue weighted by atomic mass is 16.5. The summed E-state index contributed by atoms with van der Waals surface area (Å²) in [5, 5.41) is 21.9. The number of aromatic amines is 1. The van der Waals surface area contributed by atoms with Gasteiger partial charge in [-0.25, -0.2) is 14.3 Å². The number of carboxylic acids is 1. The molecule has 0 saturated carbocycles. The van der Waals surface area contributed by atoms with Crippen molar-refractivity contribution in [3.63, 3.8) is 0 Å². The van der Waals surface area contributed by atoms with Crippen LogP contribution >= 0.6 is 0 Å². The molecular formula is C18H14N4O4. The zero-order valence-electron chi connectivity index (χ0n) is 13.8. The van der Waals surface area contributed by atoms with Crippen LogP contribution in [0, 0.1) is 0 Å². The number of aromatic carboxylic acids is 1. The lowest BCUT2D eigenvalue weighted by Gasteiger charge is -2.04. The molecule has 0 spiro atoms. The van der Waals surface area contributed by atoms with Gasteiger partial charge in [0.15, 0.2) is 5.69 Å². The van der Waals surface area contributed by atoms with Crippen LogP contribution in [0.2, 0.25) is 0 Å². The summed E-state index contributed by atoms with van der Waals surface area (Å²) in [6, 6.07) is 9.88. The SMILES string of the molecule is CCOC(=O)c1nn(-c2ccc(C(=O)O)cc2)c2c1ccc1[nH]ncc12. The minimum atomic E-state index is -1.01. The predicted molar refractivity (Wildman–Crippen MR) is 93.6 cm³/mol. The molecule has 0 radical (unpaired) electrons. The van der Waals surface area contributed by atoms with E-state index in [-0.39, 0.29) is 17.9 Å². The van der Waals surface area contributed by atoms with Gasteiger partial charge in [0, 0.05) is 10.8 Å². The van der Waals surface area contributed by atoms with Gasteiger partial charge in [0.25, 0.3) is 0 Å². The molecule has 8 nitrogen and oxygen atoms in total. The van der Waals surface area contributed by atoms with Crippen molar-refractivity contribution in [3.8, 4) is 5.69 Å². The number of aromatic nitrogens is 4. The Kier molecular flexibility index (Phi) is 3.65. The van der Waals surface area contributed by atoms with E-state index in [9.17, 15) is 9.59 Å². The molecule has 2 N–H and O–H groups in total. The van der Waals surface area contributed by atoms with Gasteiger partial charge in [-0.05, 0) is 43.3 Å². The second-order valence-electron chi connectivity index (χ2n) is 5.63. The van der Waals surface area contributed by atoms with Gasteiger partial charge in [-0.3, -0.25) is 5.10 Å². The van der Waals surface area contributed by atoms with Gasteiger partial charge in [-0.15, -0.1) is 0 Å². The van der Waals surface area contributed by atoms with Gasteiger partial charge in [-0.2, -0.15) is 10.2 Å². The lowest BCUT2D eigenvalue weighted by Crippen LogP contribution is -2.07. The number of rotatable bonds is 4. The van der Waals surface area contributed by atoms with E-state index >= 15 is 0 Å². The van der Waals surface area contributed by atoms with Crippen LogP contribution in [0.1, 0.15) is 27.8 Å². The fraction of sp³-hybridized carbons (Fsp3) is 0.111. The number of nitrogens with one attached hydrogen (secondary N) is 1. The largest absolute Gasteiger partial charge is 0.478 e. The molecular weight excluding hydrogens is 336 g/mol. The van der Waals surface area contributed by atoms with E-state index in [1.54, 1.807) is 36.0 Å². The van der Waals surface area contributed by atoms with E-state index < -0.39 is 11.9 Å². The molecule has 0 fully saturated rings. The first-order valence-corrected chi connectivity index (χ1v) is 7.96. The molecule has 4 aromatic rings. The maximum Gasteiger partial charge on any atom is 0.359 e. The molecule has 2 aromatic heterocycles. The maximum absolute atomic E-state index is 12.3. The standard InChI is InChI=1S/C18H14N4O4/c1-2-26-18(25)15-12-7-8-14-13(9-19-20-14)16(12)22(21-15)11-5-3-10(4-6-11)17(23)24/h3-9H,2H2,1H3,(H,19,20)(H,23,24). The number of hydrogen-bond donors (Lipinski definition) is 2. The summed E-state index contributed by atoms with van der Waals surface area (Å²) in [6.07, 6.45) is 1.66. The molecule has 0 amide bonds. The van der Waals surface area contributed by atoms with Gasteiger partial charge in [0.1, 0.15) is 0 Å². The fourth-order valence-electron chi connectivity index (χ4n) is 2.91. The molecule has 0 unspecified atom stereocenters. The number of benzene rings is 2. The Labute approximate surface area is 147 Å². The van der Waals surface area contributed by atoms with Crippen molar-refractivity contribution in [3.05, 3.63) is 53.9 Å². The average Bonchev–Trinajstić information content (AvgIpc) is 3.26. The summed E-state index contributed by atoms with van der Waals surface area (Å²) in [7, 11) is 0. The summed E-state index contributed by atoms with van der Waals surface area (Å²) in [5.74, 6) is -1.52. The maximum atomic E-state index is 12.3. The summed E-state index contributed by atoms with van der Waals surface area (Å²) in [4.78, 5) is 23.4. The molecule has 130 valence electrons. The molecule has 0 bridgehead atoms. The number of ether oxygens (including phenoxy) is 1. The summed E-state index contributed by atoms with van der Waals surface area (Å²) < 4.78 is 6.72. The van der Waals surface area contributed by atoms with Crippen molar-refractivity contribution in [1.82, 2.24) is 20.0 Å². The van der Waals surface area contributed by atoms with Crippen LogP contribution in [0.25, 0.3) is 27.5 Å². The number of carbonyl (C=O) groups is 2. The average molecular weight is 350 g/mol. The number of esters is 1. The van der Waals surface area contributed by atoms with E-state index in [4.69, 9.17) is 9.84 Å². The van der Waals surface area contributed by atoms with Gasteiger partial charge in [0.2, 0.25) is 0 Å². The number of H-pyrrole nitrogens is 1. The lowest BCUT2D eigenvalue weighted by molar-refractivity contribution is 0.0520. The van der Waals surface area contributed by atoms with Crippen LogP contribution in [0.5, 0.6) is 0 Å². The number of fused-ring (bicyclic) bond motifs is 3. The van der Waals surface area contributed by atoms with Crippen molar-refractivity contribution >= 4 is 33.7 Å². The summed E-state index contributed by atoms with van der Waals surface area (Å²) in [6.45, 7) is 1.98. The molecule has 2 aromatic carbocycles. The molecule has 0 saturated heterocycles. The Morgan fingerprint density at radius 2 is 1.92 bits per heavy atom. The van der Waals surface area contributed by atoms with Crippen molar-refractivity contribution in [2.45, 2.75) is 6.92 Å². The van der Waals surface area contributed by atoms with Crippen LogP contribution < -0.4 is 0 Å². The van der Waals surface area contributed by atoms with Crippen molar-refractivity contribution in [2.75, 3.05) is 6.61 Å². The van der Waals surface area contributed by atoms with Gasteiger partial charge >= 0.3 is 11.9 Å². The lowest BCUT2D eigenvalue weighted by atomic mass is 10.1. The quantitative estimate of drug-likeness (QED) is 0.548. The highest BCUT2D eigenvalue weighted by Crippen LogP contribution is 2.29. The van der Waals surface area contributed by atoms with E-state index in [0.717, 1.165) is 10.9 Å². The normalized spacial score (nSPS) is 11.1. The second-order valence-corrected chi connectivity index (χ2v) is 5.63. The minimum Gasteiger partial charge on any atom is -0.478 e. The third kappa shape index (κ3) is 2.39. The molecule has 8 heteroatoms. The monoisotopic (exact) mass is 350 g/mol. The first-order chi connectivity index (χ1) is 12.6. The van der Waals surface area contributed by atoms with Gasteiger partial charge < -0.3 is 9.84 Å². The third-order valence-electron chi connectivity index (χ3n) is 4.09. The topological polar surface area (TPSA) is 110 Å². The van der Waals surface area contributed by atoms with Crippen molar-refractivity contribution in [2.24, 2.45) is 0 Å². The Balaban J connectivity index is 1.99. The Bertz CT molecular complexity index is 1140. The molecule has 26 heavy (non-hydrogen) atoms. The van der Waals surface area contributed by atoms with Crippen LogP contribution in [0.3, 0.4) is 0 Å². The number of carboxylic acid groups (broad SMARTS) is 1. The predicted octanol–water partition coefficient (Wildman–Crippen LogP) is 2.78. The minimum absolute atomic E-state index is 0.171. The zero-order valence-corrected chi connectivity index (χ0v) is 13.8. The van der Waals surface area contributed by atoms with Crippen LogP contribution in [0.4, 0.5) is 0 Å². The number of hydrogen-bond acceptors (Lipinski definition) is 5. The highest BCUT2D eigenvalue weighted by molar-refractivity contribution is 6.11. The molecule has 0 atom stereocenters. The summed E-state index contributed by atoms with van der Waals surface area (Å²) >= 11 is 0. The van der Waals surface area contributed by atoms with Crippen molar-refractivity contribution < 1.29 is 19.4 Å². The second kappa shape index (κ2) is 5.99. The molecule has 0 aliphatic heterocycles. The smallest absolute Gasteiger partial charge is 0.359 e. The first-order valence-electron chi connectivity index (χ1n) is 7.96. The highest BCUT2D eigenvalue weighted by Gasteiger charge is 2.21. The first kappa shape index (κ1) is 15.8. The van der Waals surface area contributed by atoms with E-state index in [0.29, 0.717) is 16.6 Å².